The zero-order chi connectivity index (χ0) is 26.0. The summed E-state index contributed by atoms with van der Waals surface area (Å²) >= 11 is 2.62. The minimum Gasteiger partial charge on any atom is -0.314 e. The topological polar surface area (TPSA) is 26.0 Å². The maximum atomic E-state index is 7.36. The summed E-state index contributed by atoms with van der Waals surface area (Å²) in [6.07, 6.45) is 0. The third-order valence-corrected chi connectivity index (χ3v) is 9.36. The van der Waals surface area contributed by atoms with Gasteiger partial charge in [-0.2, -0.15) is 0 Å². The fraction of sp³-hybridized carbons (Fsp3) is 0.0556. The maximum Gasteiger partial charge on any atom is 0.0968 e. The molecule has 0 radical (unpaired) electrons. The Morgan fingerprint density at radius 3 is 1.18 bits per heavy atom. The first kappa shape index (κ1) is 24.6. The molecular weight excluding hydrogens is 573 g/mol. The highest BCUT2D eigenvalue weighted by molar-refractivity contribution is 14.1. The first-order valence-electron chi connectivity index (χ1n) is 12.8. The molecule has 0 saturated heterocycles. The number of rotatable bonds is 6. The van der Waals surface area contributed by atoms with E-state index in [1.54, 1.807) is 0 Å². The molecular formula is C36H28IN. The van der Waals surface area contributed by atoms with Crippen molar-refractivity contribution in [2.24, 2.45) is 5.73 Å². The lowest BCUT2D eigenvalue weighted by Crippen LogP contribution is -2.39. The molecule has 184 valence electrons. The molecule has 0 saturated carbocycles. The van der Waals surface area contributed by atoms with Gasteiger partial charge in [0.15, 0.2) is 0 Å². The molecule has 2 heteroatoms. The van der Waals surface area contributed by atoms with Crippen molar-refractivity contribution in [3.8, 4) is 0 Å². The Morgan fingerprint density at radius 1 is 0.368 bits per heavy atom. The van der Waals surface area contributed by atoms with Crippen molar-refractivity contribution >= 4 is 33.4 Å². The van der Waals surface area contributed by atoms with Gasteiger partial charge in [-0.15, -0.1) is 0 Å². The van der Waals surface area contributed by atoms with E-state index in [4.69, 9.17) is 5.73 Å². The van der Waals surface area contributed by atoms with E-state index in [-0.39, 0.29) is 3.42 Å². The van der Waals surface area contributed by atoms with Gasteiger partial charge in [0.25, 0.3) is 0 Å². The van der Waals surface area contributed by atoms with E-state index < -0.39 is 5.54 Å². The van der Waals surface area contributed by atoms with Crippen LogP contribution in [0.5, 0.6) is 0 Å². The Labute approximate surface area is 238 Å². The van der Waals surface area contributed by atoms with Crippen LogP contribution in [0.25, 0.3) is 10.8 Å². The fourth-order valence-corrected chi connectivity index (χ4v) is 6.50. The van der Waals surface area contributed by atoms with Crippen molar-refractivity contribution in [3.63, 3.8) is 0 Å². The Morgan fingerprint density at radius 2 is 0.737 bits per heavy atom. The number of hydrogen-bond donors (Lipinski definition) is 1. The summed E-state index contributed by atoms with van der Waals surface area (Å²) in [5.74, 6) is 0. The van der Waals surface area contributed by atoms with Crippen LogP contribution in [-0.2, 0) is 8.96 Å². The molecule has 0 aliphatic carbocycles. The third kappa shape index (κ3) is 4.24. The molecule has 6 rings (SSSR count). The van der Waals surface area contributed by atoms with Crippen LogP contribution in [0.4, 0.5) is 0 Å². The van der Waals surface area contributed by atoms with Crippen LogP contribution in [0.2, 0.25) is 0 Å². The van der Waals surface area contributed by atoms with E-state index in [0.717, 1.165) is 16.7 Å². The van der Waals surface area contributed by atoms with Gasteiger partial charge in [0.1, 0.15) is 0 Å². The maximum absolute atomic E-state index is 7.36. The van der Waals surface area contributed by atoms with Crippen LogP contribution in [0.3, 0.4) is 0 Å². The SMILES string of the molecule is NC(c1ccccc1)(c1ccccc1)c1ccc2ccc(C(I)(c3ccccc3)c3ccccc3)cc2c1. The molecule has 0 bridgehead atoms. The molecule has 38 heavy (non-hydrogen) atoms. The average molecular weight is 602 g/mol. The molecule has 0 aliphatic heterocycles. The van der Waals surface area contributed by atoms with Crippen LogP contribution in [0.15, 0.2) is 158 Å². The van der Waals surface area contributed by atoms with Crippen molar-refractivity contribution < 1.29 is 0 Å². The highest BCUT2D eigenvalue weighted by Gasteiger charge is 2.34. The van der Waals surface area contributed by atoms with E-state index in [0.29, 0.717) is 0 Å². The lowest BCUT2D eigenvalue weighted by Gasteiger charge is -2.32. The zero-order valence-corrected chi connectivity index (χ0v) is 23.1. The number of halogens is 1. The second kappa shape index (κ2) is 10.2. The van der Waals surface area contributed by atoms with E-state index in [1.807, 2.05) is 12.1 Å². The fourth-order valence-electron chi connectivity index (χ4n) is 5.44. The Kier molecular flexibility index (Phi) is 6.61. The molecule has 0 heterocycles. The molecule has 0 spiro atoms. The van der Waals surface area contributed by atoms with Gasteiger partial charge in [0.2, 0.25) is 0 Å². The van der Waals surface area contributed by atoms with Gasteiger partial charge in [-0.3, -0.25) is 0 Å². The number of alkyl halides is 1. The quantitative estimate of drug-likeness (QED) is 0.115. The highest BCUT2D eigenvalue weighted by Crippen LogP contribution is 2.46. The second-order valence-corrected chi connectivity index (χ2v) is 11.3. The number of benzene rings is 6. The Bertz CT molecular complexity index is 1460. The van der Waals surface area contributed by atoms with E-state index in [1.165, 1.54) is 27.5 Å². The van der Waals surface area contributed by atoms with E-state index in [2.05, 4.69) is 168 Å². The summed E-state index contributed by atoms with van der Waals surface area (Å²) < 4.78 is -0.330. The van der Waals surface area contributed by atoms with Gasteiger partial charge in [0.05, 0.1) is 8.96 Å². The van der Waals surface area contributed by atoms with Crippen LogP contribution >= 0.6 is 22.6 Å². The molecule has 0 atom stereocenters. The van der Waals surface area contributed by atoms with Crippen molar-refractivity contribution in [2.45, 2.75) is 8.96 Å². The molecule has 0 unspecified atom stereocenters. The van der Waals surface area contributed by atoms with Crippen molar-refractivity contribution in [1.29, 1.82) is 0 Å². The summed E-state index contributed by atoms with van der Waals surface area (Å²) in [7, 11) is 0. The zero-order valence-electron chi connectivity index (χ0n) is 21.0. The number of hydrogen-bond acceptors (Lipinski definition) is 1. The molecule has 6 aromatic rings. The smallest absolute Gasteiger partial charge is 0.0968 e. The van der Waals surface area contributed by atoms with Crippen LogP contribution in [0.1, 0.15) is 33.4 Å². The summed E-state index contributed by atoms with van der Waals surface area (Å²) in [5.41, 5.74) is 13.5. The van der Waals surface area contributed by atoms with Gasteiger partial charge >= 0.3 is 0 Å². The van der Waals surface area contributed by atoms with Gasteiger partial charge < -0.3 is 5.73 Å². The summed E-state index contributed by atoms with van der Waals surface area (Å²) in [5, 5.41) is 2.37. The minimum absolute atomic E-state index is 0.330. The van der Waals surface area contributed by atoms with Crippen LogP contribution in [0, 0.1) is 0 Å². The van der Waals surface area contributed by atoms with Crippen molar-refractivity contribution in [2.75, 3.05) is 0 Å². The minimum atomic E-state index is -0.771. The van der Waals surface area contributed by atoms with Gasteiger partial charge in [-0.1, -0.05) is 168 Å². The third-order valence-electron chi connectivity index (χ3n) is 7.49. The molecule has 0 fully saturated rings. The van der Waals surface area contributed by atoms with Gasteiger partial charge in [0, 0.05) is 0 Å². The number of nitrogens with two attached hydrogens (primary N) is 1. The first-order chi connectivity index (χ1) is 18.6. The average Bonchev–Trinajstić information content (AvgIpc) is 3.01. The van der Waals surface area contributed by atoms with Crippen LogP contribution < -0.4 is 5.73 Å². The normalized spacial score (nSPS) is 11.9. The molecule has 0 amide bonds. The monoisotopic (exact) mass is 601 g/mol. The lowest BCUT2D eigenvalue weighted by molar-refractivity contribution is 0.654. The summed E-state index contributed by atoms with van der Waals surface area (Å²) in [4.78, 5) is 0. The van der Waals surface area contributed by atoms with Gasteiger partial charge in [-0.25, -0.2) is 0 Å². The molecule has 6 aromatic carbocycles. The predicted octanol–water partition coefficient (Wildman–Crippen LogP) is 8.82. The summed E-state index contributed by atoms with van der Waals surface area (Å²) in [6.45, 7) is 0. The van der Waals surface area contributed by atoms with Gasteiger partial charge in [-0.05, 0) is 56.3 Å². The highest BCUT2D eigenvalue weighted by atomic mass is 127. The van der Waals surface area contributed by atoms with Crippen LogP contribution in [-0.4, -0.2) is 0 Å². The Balaban J connectivity index is 1.56. The largest absolute Gasteiger partial charge is 0.314 e. The van der Waals surface area contributed by atoms with Crippen molar-refractivity contribution in [1.82, 2.24) is 0 Å². The Hall–Kier alpha value is -3.73. The summed E-state index contributed by atoms with van der Waals surface area (Å²) in [6, 6.07) is 55.8. The van der Waals surface area contributed by atoms with Crippen molar-refractivity contribution in [3.05, 3.63) is 191 Å². The second-order valence-electron chi connectivity index (χ2n) is 9.71. The van der Waals surface area contributed by atoms with E-state index >= 15 is 0 Å². The molecule has 0 aliphatic rings. The predicted molar refractivity (Wildman–Crippen MR) is 168 cm³/mol. The molecule has 2 N–H and O–H groups in total. The molecule has 1 nitrogen and oxygen atoms in total. The standard InChI is InChI=1S/C36H28IN/c37-35(29-13-5-1-6-14-29,30-15-7-2-8-16-30)33-23-21-27-22-24-34(26-28(27)25-33)36(38,31-17-9-3-10-18-31)32-19-11-4-12-20-32/h1-26H,38H2. The first-order valence-corrected chi connectivity index (χ1v) is 13.9. The molecule has 0 aromatic heterocycles. The lowest BCUT2D eigenvalue weighted by atomic mass is 9.77. The van der Waals surface area contributed by atoms with E-state index in [9.17, 15) is 0 Å². The number of fused-ring (bicyclic) bond motifs is 1.